The van der Waals surface area contributed by atoms with E-state index in [1.807, 2.05) is 4.57 Å². The summed E-state index contributed by atoms with van der Waals surface area (Å²) >= 11 is 0. The van der Waals surface area contributed by atoms with E-state index in [2.05, 4.69) is 49.3 Å². The van der Waals surface area contributed by atoms with Gasteiger partial charge >= 0.3 is 0 Å². The lowest BCUT2D eigenvalue weighted by atomic mass is 9.98. The van der Waals surface area contributed by atoms with Crippen LogP contribution < -0.4 is 5.32 Å². The minimum Gasteiger partial charge on any atom is -0.356 e. The van der Waals surface area contributed by atoms with Crippen molar-refractivity contribution in [3.05, 3.63) is 34.5 Å². The van der Waals surface area contributed by atoms with Crippen molar-refractivity contribution in [1.82, 2.24) is 9.55 Å². The Hall–Kier alpha value is -2.28. The number of aromatic nitrogens is 2. The Balaban J connectivity index is 2.23. The quantitative estimate of drug-likeness (QED) is 0.862. The number of nitriles is 1. The summed E-state index contributed by atoms with van der Waals surface area (Å²) < 4.78 is 1.99. The Kier molecular flexibility index (Phi) is 2.98. The molecule has 1 aliphatic rings. The smallest absolute Gasteiger partial charge is 0.204 e. The molecule has 20 heavy (non-hydrogen) atoms. The second-order valence-corrected chi connectivity index (χ2v) is 5.43. The third-order valence-corrected chi connectivity index (χ3v) is 4.01. The number of nitrogens with one attached hydrogen (secondary N) is 1. The number of hydrogen-bond acceptors (Lipinski definition) is 3. The molecule has 1 aliphatic heterocycles. The number of benzene rings is 1. The van der Waals surface area contributed by atoms with Gasteiger partial charge in [-0.2, -0.15) is 5.26 Å². The Morgan fingerprint density at radius 3 is 2.70 bits per heavy atom. The molecule has 2 heterocycles. The maximum Gasteiger partial charge on any atom is 0.204 e. The standard InChI is InChI=1S/C16H18N4/c1-10-7-12(3)13(8-11(10)2)15-14(9-17)20-6-4-5-18-16(20)19-15/h7-8H,4-6H2,1-3H3,(H,18,19). The molecule has 0 bridgehead atoms. The third kappa shape index (κ3) is 1.87. The van der Waals surface area contributed by atoms with Crippen LogP contribution in [0.15, 0.2) is 12.1 Å². The van der Waals surface area contributed by atoms with E-state index in [-0.39, 0.29) is 0 Å². The summed E-state index contributed by atoms with van der Waals surface area (Å²) in [5.41, 5.74) is 6.20. The van der Waals surface area contributed by atoms with Crippen molar-refractivity contribution in [3.8, 4) is 17.3 Å². The first-order chi connectivity index (χ1) is 9.61. The van der Waals surface area contributed by atoms with Gasteiger partial charge in [-0.1, -0.05) is 6.07 Å². The van der Waals surface area contributed by atoms with Gasteiger partial charge in [-0.05, 0) is 49.9 Å². The lowest BCUT2D eigenvalue weighted by Gasteiger charge is -2.15. The van der Waals surface area contributed by atoms with Gasteiger partial charge in [0.15, 0.2) is 0 Å². The van der Waals surface area contributed by atoms with E-state index in [4.69, 9.17) is 0 Å². The average molecular weight is 266 g/mol. The highest BCUT2D eigenvalue weighted by atomic mass is 15.2. The first-order valence-corrected chi connectivity index (χ1v) is 6.94. The highest BCUT2D eigenvalue weighted by Crippen LogP contribution is 2.31. The topological polar surface area (TPSA) is 53.6 Å². The van der Waals surface area contributed by atoms with Gasteiger partial charge in [0, 0.05) is 18.7 Å². The molecule has 0 spiro atoms. The van der Waals surface area contributed by atoms with E-state index in [0.717, 1.165) is 36.7 Å². The Labute approximate surface area is 119 Å². The summed E-state index contributed by atoms with van der Waals surface area (Å²) in [5, 5.41) is 12.8. The number of aryl methyl sites for hydroxylation is 3. The molecule has 0 aliphatic carbocycles. The van der Waals surface area contributed by atoms with Crippen molar-refractivity contribution >= 4 is 5.95 Å². The molecule has 4 heteroatoms. The summed E-state index contributed by atoms with van der Waals surface area (Å²) in [4.78, 5) is 4.65. The maximum absolute atomic E-state index is 9.50. The molecule has 0 radical (unpaired) electrons. The minimum absolute atomic E-state index is 0.665. The lowest BCUT2D eigenvalue weighted by Crippen LogP contribution is -2.18. The maximum atomic E-state index is 9.50. The molecule has 2 aromatic rings. The fraction of sp³-hybridized carbons (Fsp3) is 0.375. The highest BCUT2D eigenvalue weighted by Gasteiger charge is 2.21. The van der Waals surface area contributed by atoms with Gasteiger partial charge in [-0.3, -0.25) is 0 Å². The Bertz CT molecular complexity index is 719. The van der Waals surface area contributed by atoms with Crippen LogP contribution in [0.2, 0.25) is 0 Å². The van der Waals surface area contributed by atoms with Crippen LogP contribution in [0, 0.1) is 32.1 Å². The molecule has 0 fully saturated rings. The average Bonchev–Trinajstić information content (AvgIpc) is 2.81. The molecule has 0 amide bonds. The van der Waals surface area contributed by atoms with Crippen molar-refractivity contribution < 1.29 is 0 Å². The van der Waals surface area contributed by atoms with Gasteiger partial charge < -0.3 is 9.88 Å². The molecular formula is C16H18N4. The zero-order valence-corrected chi connectivity index (χ0v) is 12.1. The summed E-state index contributed by atoms with van der Waals surface area (Å²) in [5.74, 6) is 0.820. The lowest BCUT2D eigenvalue weighted by molar-refractivity contribution is 0.622. The second kappa shape index (κ2) is 4.68. The van der Waals surface area contributed by atoms with Crippen molar-refractivity contribution in [2.75, 3.05) is 11.9 Å². The molecule has 1 N–H and O–H groups in total. The summed E-state index contributed by atoms with van der Waals surface area (Å²) in [6.45, 7) is 8.07. The largest absolute Gasteiger partial charge is 0.356 e. The second-order valence-electron chi connectivity index (χ2n) is 5.43. The van der Waals surface area contributed by atoms with Gasteiger partial charge in [0.2, 0.25) is 5.95 Å². The minimum atomic E-state index is 0.665. The number of hydrogen-bond donors (Lipinski definition) is 1. The van der Waals surface area contributed by atoms with Crippen LogP contribution in [0.5, 0.6) is 0 Å². The fourth-order valence-corrected chi connectivity index (χ4v) is 2.76. The van der Waals surface area contributed by atoms with Gasteiger partial charge in [-0.25, -0.2) is 4.98 Å². The molecule has 102 valence electrons. The van der Waals surface area contributed by atoms with Crippen LogP contribution in [-0.4, -0.2) is 16.1 Å². The molecule has 0 atom stereocenters. The van der Waals surface area contributed by atoms with E-state index in [1.165, 1.54) is 16.7 Å². The number of fused-ring (bicyclic) bond motifs is 1. The van der Waals surface area contributed by atoms with E-state index in [0.29, 0.717) is 5.69 Å². The van der Waals surface area contributed by atoms with Gasteiger partial charge in [-0.15, -0.1) is 0 Å². The van der Waals surface area contributed by atoms with Crippen molar-refractivity contribution in [2.24, 2.45) is 0 Å². The van der Waals surface area contributed by atoms with Gasteiger partial charge in [0.1, 0.15) is 17.5 Å². The normalized spacial score (nSPS) is 13.5. The summed E-state index contributed by atoms with van der Waals surface area (Å²) in [6.07, 6.45) is 1.03. The first kappa shape index (κ1) is 12.7. The Morgan fingerprint density at radius 1 is 1.20 bits per heavy atom. The van der Waals surface area contributed by atoms with E-state index >= 15 is 0 Å². The summed E-state index contributed by atoms with van der Waals surface area (Å²) in [6, 6.07) is 6.63. The SMILES string of the molecule is Cc1cc(C)c(-c2nc3n(c2C#N)CCCN3)cc1C. The van der Waals surface area contributed by atoms with Gasteiger partial charge in [0.25, 0.3) is 0 Å². The van der Waals surface area contributed by atoms with Crippen LogP contribution >= 0.6 is 0 Å². The zero-order chi connectivity index (χ0) is 14.3. The summed E-state index contributed by atoms with van der Waals surface area (Å²) in [7, 11) is 0. The van der Waals surface area contributed by atoms with E-state index < -0.39 is 0 Å². The predicted octanol–water partition coefficient (Wildman–Crippen LogP) is 3.16. The van der Waals surface area contributed by atoms with Crippen LogP contribution in [0.25, 0.3) is 11.3 Å². The molecule has 3 rings (SSSR count). The van der Waals surface area contributed by atoms with Crippen LogP contribution in [0.4, 0.5) is 5.95 Å². The van der Waals surface area contributed by atoms with Crippen molar-refractivity contribution in [1.29, 1.82) is 5.26 Å². The highest BCUT2D eigenvalue weighted by molar-refractivity contribution is 5.72. The van der Waals surface area contributed by atoms with Gasteiger partial charge in [0.05, 0.1) is 0 Å². The van der Waals surface area contributed by atoms with Crippen LogP contribution in [-0.2, 0) is 6.54 Å². The van der Waals surface area contributed by atoms with Crippen molar-refractivity contribution in [2.45, 2.75) is 33.7 Å². The predicted molar refractivity (Wildman–Crippen MR) is 79.7 cm³/mol. The molecule has 0 saturated carbocycles. The monoisotopic (exact) mass is 266 g/mol. The van der Waals surface area contributed by atoms with Crippen LogP contribution in [0.1, 0.15) is 28.8 Å². The number of rotatable bonds is 1. The number of nitrogens with zero attached hydrogens (tertiary/aromatic N) is 3. The zero-order valence-electron chi connectivity index (χ0n) is 12.1. The first-order valence-electron chi connectivity index (χ1n) is 6.94. The van der Waals surface area contributed by atoms with E-state index in [1.54, 1.807) is 0 Å². The fourth-order valence-electron chi connectivity index (χ4n) is 2.76. The molecule has 0 unspecified atom stereocenters. The number of anilines is 1. The third-order valence-electron chi connectivity index (χ3n) is 4.01. The molecule has 1 aromatic heterocycles. The molecular weight excluding hydrogens is 248 g/mol. The van der Waals surface area contributed by atoms with E-state index in [9.17, 15) is 5.26 Å². The van der Waals surface area contributed by atoms with Crippen molar-refractivity contribution in [3.63, 3.8) is 0 Å². The molecule has 0 saturated heterocycles. The van der Waals surface area contributed by atoms with Crippen LogP contribution in [0.3, 0.4) is 0 Å². The Morgan fingerprint density at radius 2 is 1.95 bits per heavy atom. The number of imidazole rings is 1. The molecule has 4 nitrogen and oxygen atoms in total. The molecule has 1 aromatic carbocycles.